The molecule has 4 amide bonds. The average Bonchev–Trinajstić information content (AvgIpc) is 4.05. The summed E-state index contributed by atoms with van der Waals surface area (Å²) < 4.78 is 16.2. The summed E-state index contributed by atoms with van der Waals surface area (Å²) in [5.74, 6) is 1.14. The van der Waals surface area contributed by atoms with E-state index in [2.05, 4.69) is 65.0 Å². The third-order valence-electron chi connectivity index (χ3n) is 13.0. The van der Waals surface area contributed by atoms with Crippen LogP contribution in [-0.2, 0) is 32.1 Å². The predicted octanol–water partition coefficient (Wildman–Crippen LogP) is 8.00. The van der Waals surface area contributed by atoms with Crippen LogP contribution in [0.5, 0.6) is 5.75 Å². The number of benzene rings is 3. The molecule has 3 aromatic carbocycles. The standard InChI is InChI=1S/C47H57N7O7/c1-24(2)40(51-45(57)59-8)43(55)53-25(3)10-16-37(53)35-20-32-31-21-39-33(19-27(31)13-15-34(32)49-35)30-14-12-28(18-29(30)23-61-39)36-22-48-42(50-36)38-17-11-26(4)54(38)44(56)41(47(5,6)7)52-46(58)60-9/h12-15,18-19,21-22,24-26,37-38,40-41H,10-11,16-17,20,23H2,1-9H3,(H,48,50)(H,51,57)(H,52,58)/t25-,26-,37-,38-,40-,41+/m0/s1. The molecule has 0 bridgehead atoms. The summed E-state index contributed by atoms with van der Waals surface area (Å²) in [4.78, 5) is 69.7. The fourth-order valence-corrected chi connectivity index (χ4v) is 9.68. The number of likely N-dealkylation sites (tertiary alicyclic amines) is 2. The van der Waals surface area contributed by atoms with Crippen molar-refractivity contribution in [1.29, 1.82) is 0 Å². The molecule has 2 fully saturated rings. The lowest BCUT2D eigenvalue weighted by Crippen LogP contribution is -2.55. The van der Waals surface area contributed by atoms with Crippen molar-refractivity contribution in [1.82, 2.24) is 30.4 Å². The van der Waals surface area contributed by atoms with E-state index in [-0.39, 0.29) is 41.9 Å². The van der Waals surface area contributed by atoms with Crippen LogP contribution in [0.25, 0.3) is 33.2 Å². The summed E-state index contributed by atoms with van der Waals surface area (Å²) in [5.41, 5.74) is 7.45. The van der Waals surface area contributed by atoms with Gasteiger partial charge in [0.15, 0.2) is 0 Å². The number of H-pyrrole nitrogens is 1. The first-order valence-corrected chi connectivity index (χ1v) is 21.4. The minimum Gasteiger partial charge on any atom is -0.488 e. The molecule has 0 aliphatic carbocycles. The first-order chi connectivity index (χ1) is 29.1. The number of methoxy groups -OCH3 is 2. The number of aromatic nitrogens is 2. The molecule has 6 atom stereocenters. The maximum Gasteiger partial charge on any atom is 0.407 e. The normalized spacial score (nSPS) is 21.6. The molecular weight excluding hydrogens is 775 g/mol. The number of carbonyl (C=O) groups excluding carboxylic acids is 4. The molecule has 4 aliphatic heterocycles. The molecule has 14 nitrogen and oxygen atoms in total. The fourth-order valence-electron chi connectivity index (χ4n) is 9.68. The van der Waals surface area contributed by atoms with Crippen LogP contribution in [-0.4, -0.2) is 93.9 Å². The first kappa shape index (κ1) is 41.8. The molecule has 322 valence electrons. The van der Waals surface area contributed by atoms with Crippen LogP contribution in [0.1, 0.15) is 97.1 Å². The molecule has 4 aliphatic rings. The highest BCUT2D eigenvalue weighted by Gasteiger charge is 2.45. The Labute approximate surface area is 356 Å². The minimum absolute atomic E-state index is 0.0134. The van der Waals surface area contributed by atoms with Crippen LogP contribution in [0.2, 0.25) is 0 Å². The van der Waals surface area contributed by atoms with Crippen LogP contribution < -0.4 is 15.4 Å². The van der Waals surface area contributed by atoms with Crippen molar-refractivity contribution in [2.24, 2.45) is 16.3 Å². The zero-order chi connectivity index (χ0) is 43.5. The number of ether oxygens (including phenoxy) is 3. The molecule has 1 aromatic heterocycles. The zero-order valence-electron chi connectivity index (χ0n) is 36.5. The third-order valence-corrected chi connectivity index (χ3v) is 13.0. The molecule has 61 heavy (non-hydrogen) atoms. The van der Waals surface area contributed by atoms with Crippen molar-refractivity contribution in [2.45, 2.75) is 123 Å². The van der Waals surface area contributed by atoms with E-state index in [9.17, 15) is 19.2 Å². The van der Waals surface area contributed by atoms with E-state index in [4.69, 9.17) is 24.2 Å². The van der Waals surface area contributed by atoms with Crippen molar-refractivity contribution in [2.75, 3.05) is 14.2 Å². The lowest BCUT2D eigenvalue weighted by molar-refractivity contribution is -0.139. The Kier molecular flexibility index (Phi) is 11.1. The quantitative estimate of drug-likeness (QED) is 0.161. The van der Waals surface area contributed by atoms with Gasteiger partial charge in [-0.1, -0.05) is 52.8 Å². The van der Waals surface area contributed by atoms with Gasteiger partial charge in [0.2, 0.25) is 11.8 Å². The van der Waals surface area contributed by atoms with Crippen LogP contribution in [0, 0.1) is 11.3 Å². The molecule has 0 saturated carbocycles. The molecule has 0 radical (unpaired) electrons. The summed E-state index contributed by atoms with van der Waals surface area (Å²) in [6.45, 7) is 14.1. The lowest BCUT2D eigenvalue weighted by Gasteiger charge is -2.36. The van der Waals surface area contributed by atoms with Gasteiger partial charge in [0.1, 0.15) is 30.3 Å². The van der Waals surface area contributed by atoms with Gasteiger partial charge in [-0.15, -0.1) is 0 Å². The second-order valence-electron chi connectivity index (χ2n) is 18.4. The van der Waals surface area contributed by atoms with E-state index in [1.165, 1.54) is 14.2 Å². The minimum atomic E-state index is -0.768. The largest absolute Gasteiger partial charge is 0.488 e. The molecule has 0 spiro atoms. The number of rotatable bonds is 8. The average molecular weight is 832 g/mol. The van der Waals surface area contributed by atoms with Crippen LogP contribution in [0.4, 0.5) is 15.3 Å². The summed E-state index contributed by atoms with van der Waals surface area (Å²) in [6.07, 6.45) is 4.43. The van der Waals surface area contributed by atoms with Crippen molar-refractivity contribution in [3.63, 3.8) is 0 Å². The fraction of sp³-hybridized carbons (Fsp3) is 0.489. The van der Waals surface area contributed by atoms with E-state index in [1.807, 2.05) is 57.5 Å². The van der Waals surface area contributed by atoms with Crippen LogP contribution in [0.15, 0.2) is 53.7 Å². The Morgan fingerprint density at radius 2 is 1.54 bits per heavy atom. The summed E-state index contributed by atoms with van der Waals surface area (Å²) >= 11 is 0. The highest BCUT2D eigenvalue weighted by Crippen LogP contribution is 2.45. The number of fused-ring (bicyclic) bond motifs is 6. The van der Waals surface area contributed by atoms with E-state index in [0.29, 0.717) is 18.9 Å². The number of aliphatic imine (C=N–C) groups is 1. The van der Waals surface area contributed by atoms with Crippen molar-refractivity contribution in [3.05, 3.63) is 65.6 Å². The number of hydrogen-bond acceptors (Lipinski definition) is 9. The molecule has 2 saturated heterocycles. The molecule has 14 heteroatoms. The number of amides is 4. The van der Waals surface area contributed by atoms with Gasteiger partial charge in [-0.2, -0.15) is 0 Å². The second-order valence-corrected chi connectivity index (χ2v) is 18.4. The zero-order valence-corrected chi connectivity index (χ0v) is 36.5. The summed E-state index contributed by atoms with van der Waals surface area (Å²) in [6, 6.07) is 13.0. The Balaban J connectivity index is 1.02. The summed E-state index contributed by atoms with van der Waals surface area (Å²) in [7, 11) is 2.60. The van der Waals surface area contributed by atoms with Gasteiger partial charge < -0.3 is 39.6 Å². The van der Waals surface area contributed by atoms with Gasteiger partial charge in [0, 0.05) is 29.8 Å². The Morgan fingerprint density at radius 3 is 2.23 bits per heavy atom. The number of hydrogen-bond donors (Lipinski definition) is 3. The van der Waals surface area contributed by atoms with Crippen LogP contribution >= 0.6 is 0 Å². The number of imidazole rings is 1. The molecular formula is C47H57N7O7. The van der Waals surface area contributed by atoms with Gasteiger partial charge in [0.25, 0.3) is 0 Å². The van der Waals surface area contributed by atoms with E-state index in [0.717, 1.165) is 87.1 Å². The Morgan fingerprint density at radius 1 is 0.852 bits per heavy atom. The van der Waals surface area contributed by atoms with Gasteiger partial charge in [0.05, 0.1) is 43.9 Å². The van der Waals surface area contributed by atoms with E-state index >= 15 is 0 Å². The van der Waals surface area contributed by atoms with E-state index < -0.39 is 29.7 Å². The van der Waals surface area contributed by atoms with Crippen molar-refractivity contribution in [3.8, 4) is 28.1 Å². The highest BCUT2D eigenvalue weighted by atomic mass is 16.5. The molecule has 4 aromatic rings. The predicted molar refractivity (Wildman–Crippen MR) is 233 cm³/mol. The van der Waals surface area contributed by atoms with Gasteiger partial charge in [-0.25, -0.2) is 14.6 Å². The molecule has 0 unspecified atom stereocenters. The maximum atomic E-state index is 14.1. The smallest absolute Gasteiger partial charge is 0.407 e. The van der Waals surface area contributed by atoms with Gasteiger partial charge in [-0.05, 0) is 108 Å². The Hall–Kier alpha value is -5.92. The highest BCUT2D eigenvalue weighted by molar-refractivity contribution is 6.06. The lowest BCUT2D eigenvalue weighted by atomic mass is 9.85. The van der Waals surface area contributed by atoms with Crippen molar-refractivity contribution < 1.29 is 33.4 Å². The topological polar surface area (TPSA) is 168 Å². The number of aromatic amines is 1. The maximum absolute atomic E-state index is 14.1. The monoisotopic (exact) mass is 831 g/mol. The molecule has 8 rings (SSSR count). The number of nitrogens with one attached hydrogen (secondary N) is 3. The third kappa shape index (κ3) is 7.69. The van der Waals surface area contributed by atoms with E-state index in [1.54, 1.807) is 0 Å². The SMILES string of the molecule is COC(=O)N[C@H](C(=O)N1[C@@H](C)CC[C@H]1C1=Nc2ccc3cc4c(cc3c2C1)OCc1cc(-c2cnc([C@@H]3CC[C@H](C)N3C(=O)[C@@H](NC(=O)OC)C(C)(C)C)[nH]2)ccc1-4)C(C)C. The van der Waals surface area contributed by atoms with Gasteiger partial charge >= 0.3 is 12.2 Å². The molecule has 3 N–H and O–H groups in total. The second kappa shape index (κ2) is 16.2. The number of nitrogens with zero attached hydrogens (tertiary/aromatic N) is 4. The molecule has 5 heterocycles. The summed E-state index contributed by atoms with van der Waals surface area (Å²) in [5, 5.41) is 7.70. The van der Waals surface area contributed by atoms with Crippen LogP contribution in [0.3, 0.4) is 0 Å². The van der Waals surface area contributed by atoms with Gasteiger partial charge in [-0.3, -0.25) is 14.6 Å². The first-order valence-electron chi connectivity index (χ1n) is 21.4. The Bertz CT molecular complexity index is 2430. The number of carbonyl (C=O) groups is 4. The number of alkyl carbamates (subject to hydrolysis) is 2. The van der Waals surface area contributed by atoms with Crippen molar-refractivity contribution >= 4 is 46.2 Å².